The molecule has 1 fully saturated rings. The second-order valence-corrected chi connectivity index (χ2v) is 9.87. The van der Waals surface area contributed by atoms with Gasteiger partial charge in [-0.1, -0.05) is 55.9 Å². The van der Waals surface area contributed by atoms with E-state index in [-0.39, 0.29) is 21.3 Å². The highest BCUT2D eigenvalue weighted by Crippen LogP contribution is 2.44. The molecule has 38 heavy (non-hydrogen) atoms. The van der Waals surface area contributed by atoms with Crippen LogP contribution in [0.1, 0.15) is 64.8 Å². The summed E-state index contributed by atoms with van der Waals surface area (Å²) >= 11 is 0.969. The number of methoxy groups -OCH3 is 1. The Morgan fingerprint density at radius 1 is 1.08 bits per heavy atom. The van der Waals surface area contributed by atoms with Gasteiger partial charge in [-0.2, -0.15) is 0 Å². The highest BCUT2D eigenvalue weighted by atomic mass is 32.1. The van der Waals surface area contributed by atoms with Crippen LogP contribution in [0, 0.1) is 6.92 Å². The minimum atomic E-state index is -0.933. The first kappa shape index (κ1) is 27.1. The Hall–Kier alpha value is -3.98. The van der Waals surface area contributed by atoms with Crippen LogP contribution in [0.3, 0.4) is 0 Å². The van der Waals surface area contributed by atoms with Crippen LogP contribution >= 0.6 is 11.3 Å². The first-order valence-corrected chi connectivity index (χ1v) is 13.3. The number of esters is 1. The lowest BCUT2D eigenvalue weighted by molar-refractivity contribution is -0.132. The van der Waals surface area contributed by atoms with Crippen LogP contribution in [0.5, 0.6) is 5.75 Å². The second-order valence-electron chi connectivity index (χ2n) is 8.89. The van der Waals surface area contributed by atoms with Crippen molar-refractivity contribution in [1.29, 1.82) is 0 Å². The summed E-state index contributed by atoms with van der Waals surface area (Å²) in [5, 5.41) is 11.5. The summed E-state index contributed by atoms with van der Waals surface area (Å²) < 4.78 is 10.5. The Morgan fingerprint density at radius 2 is 1.76 bits per heavy atom. The van der Waals surface area contributed by atoms with Gasteiger partial charge in [-0.3, -0.25) is 14.5 Å². The normalized spacial score (nSPS) is 16.6. The highest BCUT2D eigenvalue weighted by molar-refractivity contribution is 7.17. The van der Waals surface area contributed by atoms with E-state index in [0.29, 0.717) is 29.2 Å². The molecule has 0 aliphatic carbocycles. The van der Waals surface area contributed by atoms with Crippen LogP contribution in [-0.2, 0) is 20.7 Å². The Balaban J connectivity index is 1.82. The van der Waals surface area contributed by atoms with E-state index >= 15 is 0 Å². The van der Waals surface area contributed by atoms with Gasteiger partial charge in [-0.25, -0.2) is 9.78 Å². The third-order valence-electron chi connectivity index (χ3n) is 6.40. The number of aryl methyl sites for hydroxylation is 2. The molecule has 1 aromatic heterocycles. The number of Topliss-reactive ketones (excluding diaryl/α,β-unsaturated/α-hetero) is 1. The molecule has 1 N–H and O–H groups in total. The van der Waals surface area contributed by atoms with Crippen LogP contribution in [-0.4, -0.2) is 41.5 Å². The molecule has 0 bridgehead atoms. The standard InChI is InChI=1S/C29H30N2O6S/c1-5-7-16-37-21-14-12-20(13-15-21)24(32)22-23(19-10-8-18(6-2)9-11-19)31(27(34)25(22)33)29-30-17(3)26(38-29)28(35)36-4/h8-15,23,32H,5-7,16H2,1-4H3/t23-/m0/s1. The zero-order chi connectivity index (χ0) is 27.4. The first-order chi connectivity index (χ1) is 18.3. The van der Waals surface area contributed by atoms with Crippen molar-refractivity contribution in [2.75, 3.05) is 18.6 Å². The number of unbranched alkanes of at least 4 members (excludes halogenated alkanes) is 1. The van der Waals surface area contributed by atoms with Gasteiger partial charge >= 0.3 is 11.9 Å². The van der Waals surface area contributed by atoms with E-state index in [0.717, 1.165) is 36.2 Å². The third kappa shape index (κ3) is 5.19. The average Bonchev–Trinajstić information content (AvgIpc) is 3.44. The number of carbonyl (C=O) groups excluding carboxylic acids is 3. The summed E-state index contributed by atoms with van der Waals surface area (Å²) in [5.74, 6) is -1.88. The minimum Gasteiger partial charge on any atom is -0.507 e. The number of anilines is 1. The molecule has 1 saturated heterocycles. The summed E-state index contributed by atoms with van der Waals surface area (Å²) in [4.78, 5) is 44.9. The molecule has 0 spiro atoms. The second kappa shape index (κ2) is 11.6. The number of nitrogens with zero attached hydrogens (tertiary/aromatic N) is 2. The molecule has 1 aliphatic heterocycles. The van der Waals surface area contributed by atoms with Crippen molar-refractivity contribution in [1.82, 2.24) is 4.98 Å². The number of ketones is 1. The Bertz CT molecular complexity index is 1380. The van der Waals surface area contributed by atoms with Gasteiger partial charge in [-0.05, 0) is 55.2 Å². The predicted octanol–water partition coefficient (Wildman–Crippen LogP) is 5.61. The predicted molar refractivity (Wildman–Crippen MR) is 146 cm³/mol. The van der Waals surface area contributed by atoms with Crippen LogP contribution < -0.4 is 9.64 Å². The lowest BCUT2D eigenvalue weighted by Gasteiger charge is -2.23. The zero-order valence-corrected chi connectivity index (χ0v) is 22.6. The molecule has 2 aromatic carbocycles. The van der Waals surface area contributed by atoms with Gasteiger partial charge in [0.05, 0.1) is 31.0 Å². The van der Waals surface area contributed by atoms with Gasteiger partial charge in [0.15, 0.2) is 5.13 Å². The molecule has 0 radical (unpaired) electrons. The Morgan fingerprint density at radius 3 is 2.37 bits per heavy atom. The number of aliphatic hydroxyl groups excluding tert-OH is 1. The maximum Gasteiger partial charge on any atom is 0.350 e. The number of aliphatic hydroxyl groups is 1. The monoisotopic (exact) mass is 534 g/mol. The van der Waals surface area contributed by atoms with Crippen LogP contribution in [0.25, 0.3) is 5.76 Å². The number of hydrogen-bond donors (Lipinski definition) is 1. The molecule has 1 atom stereocenters. The fourth-order valence-electron chi connectivity index (χ4n) is 4.25. The van der Waals surface area contributed by atoms with E-state index in [1.54, 1.807) is 31.2 Å². The summed E-state index contributed by atoms with van der Waals surface area (Å²) in [6, 6.07) is 13.3. The van der Waals surface area contributed by atoms with E-state index < -0.39 is 23.7 Å². The summed E-state index contributed by atoms with van der Waals surface area (Å²) in [6.07, 6.45) is 2.76. The van der Waals surface area contributed by atoms with E-state index in [9.17, 15) is 19.5 Å². The van der Waals surface area contributed by atoms with E-state index in [2.05, 4.69) is 11.9 Å². The number of thiazole rings is 1. The van der Waals surface area contributed by atoms with Crippen molar-refractivity contribution in [3.63, 3.8) is 0 Å². The number of carbonyl (C=O) groups is 3. The number of hydrogen-bond acceptors (Lipinski definition) is 8. The van der Waals surface area contributed by atoms with Gasteiger partial charge < -0.3 is 14.6 Å². The van der Waals surface area contributed by atoms with E-state index in [4.69, 9.17) is 9.47 Å². The molecule has 0 unspecified atom stereocenters. The smallest absolute Gasteiger partial charge is 0.350 e. The van der Waals surface area contributed by atoms with Crippen molar-refractivity contribution >= 4 is 39.9 Å². The number of amides is 1. The topological polar surface area (TPSA) is 106 Å². The van der Waals surface area contributed by atoms with Gasteiger partial charge in [0.25, 0.3) is 5.78 Å². The summed E-state index contributed by atoms with van der Waals surface area (Å²) in [5.41, 5.74) is 2.44. The summed E-state index contributed by atoms with van der Waals surface area (Å²) in [6.45, 7) is 6.33. The van der Waals surface area contributed by atoms with Crippen molar-refractivity contribution in [2.45, 2.75) is 46.1 Å². The van der Waals surface area contributed by atoms with Crippen molar-refractivity contribution < 1.29 is 29.0 Å². The third-order valence-corrected chi connectivity index (χ3v) is 7.54. The van der Waals surface area contributed by atoms with Gasteiger partial charge in [0.2, 0.25) is 0 Å². The quantitative estimate of drug-likeness (QED) is 0.125. The largest absolute Gasteiger partial charge is 0.507 e. The minimum absolute atomic E-state index is 0.0497. The van der Waals surface area contributed by atoms with Crippen molar-refractivity contribution in [3.8, 4) is 5.75 Å². The molecule has 4 rings (SSSR count). The fourth-order valence-corrected chi connectivity index (χ4v) is 5.26. The fraction of sp³-hybridized carbons (Fsp3) is 0.310. The first-order valence-electron chi connectivity index (χ1n) is 12.5. The molecule has 8 nitrogen and oxygen atoms in total. The lowest BCUT2D eigenvalue weighted by atomic mass is 9.94. The molecule has 2 heterocycles. The van der Waals surface area contributed by atoms with E-state index in [1.165, 1.54) is 12.0 Å². The molecular weight excluding hydrogens is 504 g/mol. The molecule has 1 aliphatic rings. The molecule has 0 saturated carbocycles. The van der Waals surface area contributed by atoms with Crippen LogP contribution in [0.4, 0.5) is 5.13 Å². The van der Waals surface area contributed by atoms with Crippen LogP contribution in [0.2, 0.25) is 0 Å². The lowest BCUT2D eigenvalue weighted by Crippen LogP contribution is -2.29. The van der Waals surface area contributed by atoms with Gasteiger partial charge in [0.1, 0.15) is 16.4 Å². The van der Waals surface area contributed by atoms with Gasteiger partial charge in [0, 0.05) is 5.56 Å². The molecule has 198 valence electrons. The van der Waals surface area contributed by atoms with E-state index in [1.807, 2.05) is 31.2 Å². The SMILES string of the molecule is CCCCOc1ccc(C(O)=C2C(=O)C(=O)N(c3nc(C)c(C(=O)OC)s3)[C@H]2c2ccc(CC)cc2)cc1. The highest BCUT2D eigenvalue weighted by Gasteiger charge is 2.48. The molecule has 9 heteroatoms. The average molecular weight is 535 g/mol. The number of aromatic nitrogens is 1. The Kier molecular flexibility index (Phi) is 8.26. The number of ether oxygens (including phenoxy) is 2. The maximum absolute atomic E-state index is 13.4. The summed E-state index contributed by atoms with van der Waals surface area (Å²) in [7, 11) is 1.27. The zero-order valence-electron chi connectivity index (χ0n) is 21.8. The van der Waals surface area contributed by atoms with Crippen molar-refractivity contribution in [2.24, 2.45) is 0 Å². The maximum atomic E-state index is 13.4. The molecule has 3 aromatic rings. The van der Waals surface area contributed by atoms with Crippen LogP contribution in [0.15, 0.2) is 54.1 Å². The van der Waals surface area contributed by atoms with Gasteiger partial charge in [-0.15, -0.1) is 0 Å². The Labute approximate surface area is 225 Å². The molecular formula is C29H30N2O6S. The molecule has 1 amide bonds. The van der Waals surface area contributed by atoms with Crippen molar-refractivity contribution in [3.05, 3.63) is 81.4 Å². The number of benzene rings is 2. The number of rotatable bonds is 9.